The third-order valence-electron chi connectivity index (χ3n) is 5.40. The van der Waals surface area contributed by atoms with Crippen LogP contribution in [0.1, 0.15) is 43.7 Å². The predicted octanol–water partition coefficient (Wildman–Crippen LogP) is 4.91. The van der Waals surface area contributed by atoms with E-state index < -0.39 is 11.6 Å². The van der Waals surface area contributed by atoms with Crippen molar-refractivity contribution in [2.45, 2.75) is 39.5 Å². The number of nitrogens with one attached hydrogen (secondary N) is 2. The zero-order chi connectivity index (χ0) is 24.6. The van der Waals surface area contributed by atoms with Crippen LogP contribution >= 0.6 is 0 Å². The van der Waals surface area contributed by atoms with E-state index in [1.165, 1.54) is 38.0 Å². The second kappa shape index (κ2) is 15.8. The molecule has 0 aliphatic carbocycles. The first-order valence-corrected chi connectivity index (χ1v) is 12.0. The third-order valence-corrected chi connectivity index (χ3v) is 5.40. The molecule has 0 aromatic heterocycles. The second-order valence-corrected chi connectivity index (χ2v) is 8.21. The Hall–Kier alpha value is -2.93. The fraction of sp³-hybridized carbons (Fsp3) is 0.444. The Labute approximate surface area is 202 Å². The zero-order valence-electron chi connectivity index (χ0n) is 20.3. The standard InChI is InChI=1S/C14H21NO.C13H16F2N2O/c1-13-5-7-14(8-6-13)16-12-4-11-15-9-2-3-10-15;1-2-3-13(17-7-6-16-9-18)11-8-10(14)4-5-12(11)15/h5-8H,2-4,9-12H2,1H3;3-5,8-9,17H,2,6-7H2,1H3,(H,16,18)/b;13-3+. The summed E-state index contributed by atoms with van der Waals surface area (Å²) in [6.45, 7) is 9.45. The van der Waals surface area contributed by atoms with Gasteiger partial charge in [0.15, 0.2) is 0 Å². The van der Waals surface area contributed by atoms with Crippen molar-refractivity contribution in [2.75, 3.05) is 39.3 Å². The van der Waals surface area contributed by atoms with E-state index in [0.29, 0.717) is 31.6 Å². The number of ether oxygens (including phenoxy) is 1. The Bertz CT molecular complexity index is 882. The summed E-state index contributed by atoms with van der Waals surface area (Å²) in [5.74, 6) is 0.0280. The lowest BCUT2D eigenvalue weighted by molar-refractivity contribution is -0.109. The molecule has 1 heterocycles. The van der Waals surface area contributed by atoms with E-state index in [0.717, 1.165) is 37.0 Å². The monoisotopic (exact) mass is 473 g/mol. The lowest BCUT2D eigenvalue weighted by Gasteiger charge is -2.14. The van der Waals surface area contributed by atoms with E-state index in [9.17, 15) is 13.6 Å². The van der Waals surface area contributed by atoms with Gasteiger partial charge in [-0.2, -0.15) is 0 Å². The summed E-state index contributed by atoms with van der Waals surface area (Å²) in [4.78, 5) is 12.6. The maximum absolute atomic E-state index is 13.6. The van der Waals surface area contributed by atoms with Crippen LogP contribution < -0.4 is 15.4 Å². The highest BCUT2D eigenvalue weighted by atomic mass is 19.1. The molecular weight excluding hydrogens is 436 g/mol. The van der Waals surface area contributed by atoms with E-state index in [2.05, 4.69) is 34.6 Å². The average Bonchev–Trinajstić information content (AvgIpc) is 3.36. The SMILES string of the molecule is CC/C=C(/NCCNC=O)c1cc(F)ccc1F.Cc1ccc(OCCCN2CCCC2)cc1. The highest BCUT2D eigenvalue weighted by molar-refractivity contribution is 5.64. The molecule has 1 saturated heterocycles. The molecule has 0 unspecified atom stereocenters. The number of halogens is 2. The van der Waals surface area contributed by atoms with E-state index in [1.807, 2.05) is 19.1 Å². The van der Waals surface area contributed by atoms with Crippen molar-refractivity contribution in [3.05, 3.63) is 71.3 Å². The maximum atomic E-state index is 13.6. The first-order valence-electron chi connectivity index (χ1n) is 12.0. The molecule has 2 aromatic rings. The molecule has 0 atom stereocenters. The third kappa shape index (κ3) is 10.3. The summed E-state index contributed by atoms with van der Waals surface area (Å²) in [6, 6.07) is 11.6. The molecule has 3 rings (SSSR count). The van der Waals surface area contributed by atoms with Gasteiger partial charge >= 0.3 is 0 Å². The van der Waals surface area contributed by atoms with Gasteiger partial charge in [0.2, 0.25) is 6.41 Å². The van der Waals surface area contributed by atoms with Crippen molar-refractivity contribution >= 4 is 12.1 Å². The number of nitrogens with zero attached hydrogens (tertiary/aromatic N) is 1. The van der Waals surface area contributed by atoms with Crippen molar-refractivity contribution in [2.24, 2.45) is 0 Å². The number of aryl methyl sites for hydroxylation is 1. The number of carbonyl (C=O) groups is 1. The minimum Gasteiger partial charge on any atom is -0.494 e. The lowest BCUT2D eigenvalue weighted by atomic mass is 10.1. The van der Waals surface area contributed by atoms with Gasteiger partial charge in [-0.1, -0.05) is 30.7 Å². The van der Waals surface area contributed by atoms with Crippen LogP contribution in [-0.2, 0) is 4.79 Å². The largest absolute Gasteiger partial charge is 0.494 e. The average molecular weight is 474 g/mol. The topological polar surface area (TPSA) is 53.6 Å². The quantitative estimate of drug-likeness (QED) is 0.340. The molecule has 2 aromatic carbocycles. The van der Waals surface area contributed by atoms with Crippen LogP contribution in [0.25, 0.3) is 5.70 Å². The molecule has 34 heavy (non-hydrogen) atoms. The molecule has 5 nitrogen and oxygen atoms in total. The van der Waals surface area contributed by atoms with Crippen LogP contribution in [0.4, 0.5) is 8.78 Å². The van der Waals surface area contributed by atoms with Crippen molar-refractivity contribution in [1.82, 2.24) is 15.5 Å². The van der Waals surface area contributed by atoms with Crippen molar-refractivity contribution in [3.63, 3.8) is 0 Å². The summed E-state index contributed by atoms with van der Waals surface area (Å²) < 4.78 is 32.4. The normalized spacial score (nSPS) is 13.7. The minimum atomic E-state index is -0.485. The molecule has 2 N–H and O–H groups in total. The molecular formula is C27H37F2N3O2. The number of allylic oxidation sites excluding steroid dienone is 1. The second-order valence-electron chi connectivity index (χ2n) is 8.21. The van der Waals surface area contributed by atoms with Gasteiger partial charge < -0.3 is 20.3 Å². The number of carbonyl (C=O) groups excluding carboxylic acids is 1. The highest BCUT2D eigenvalue weighted by Crippen LogP contribution is 2.18. The van der Waals surface area contributed by atoms with Gasteiger partial charge in [0, 0.05) is 30.9 Å². The van der Waals surface area contributed by atoms with Gasteiger partial charge in [0.25, 0.3) is 0 Å². The molecule has 1 aliphatic heterocycles. The van der Waals surface area contributed by atoms with Crippen molar-refractivity contribution in [3.8, 4) is 5.75 Å². The molecule has 0 radical (unpaired) electrons. The molecule has 1 fully saturated rings. The summed E-state index contributed by atoms with van der Waals surface area (Å²) in [7, 11) is 0. The molecule has 1 aliphatic rings. The van der Waals surface area contributed by atoms with Gasteiger partial charge in [0.05, 0.1) is 6.61 Å². The fourth-order valence-corrected chi connectivity index (χ4v) is 3.63. The summed E-state index contributed by atoms with van der Waals surface area (Å²) in [5, 5.41) is 5.46. The minimum absolute atomic E-state index is 0.197. The van der Waals surface area contributed by atoms with Crippen LogP contribution in [0.5, 0.6) is 5.75 Å². The molecule has 186 valence electrons. The van der Waals surface area contributed by atoms with E-state index in [-0.39, 0.29) is 5.56 Å². The van der Waals surface area contributed by atoms with Crippen LogP contribution in [0, 0.1) is 18.6 Å². The predicted molar refractivity (Wildman–Crippen MR) is 134 cm³/mol. The molecule has 0 spiro atoms. The van der Waals surface area contributed by atoms with Gasteiger partial charge in [0.1, 0.15) is 17.4 Å². The van der Waals surface area contributed by atoms with Crippen LogP contribution in [0.15, 0.2) is 48.5 Å². The Kier molecular flexibility index (Phi) is 12.7. The number of likely N-dealkylation sites (tertiary alicyclic amines) is 1. The summed E-state index contributed by atoms with van der Waals surface area (Å²) in [6.07, 6.45) is 6.94. The van der Waals surface area contributed by atoms with Crippen LogP contribution in [0.3, 0.4) is 0 Å². The van der Waals surface area contributed by atoms with Gasteiger partial charge in [-0.25, -0.2) is 8.78 Å². The number of hydrogen-bond donors (Lipinski definition) is 2. The zero-order valence-corrected chi connectivity index (χ0v) is 20.3. The molecule has 1 amide bonds. The first kappa shape index (κ1) is 27.3. The number of amides is 1. The van der Waals surface area contributed by atoms with E-state index in [4.69, 9.17) is 4.74 Å². The van der Waals surface area contributed by atoms with Crippen molar-refractivity contribution in [1.29, 1.82) is 0 Å². The molecule has 0 bridgehead atoms. The Morgan fingerprint density at radius 3 is 2.50 bits per heavy atom. The van der Waals surface area contributed by atoms with Gasteiger partial charge in [-0.05, 0) is 76.0 Å². The summed E-state index contributed by atoms with van der Waals surface area (Å²) >= 11 is 0. The maximum Gasteiger partial charge on any atom is 0.207 e. The number of rotatable bonds is 12. The fourth-order valence-electron chi connectivity index (χ4n) is 3.63. The van der Waals surface area contributed by atoms with Gasteiger partial charge in [-0.15, -0.1) is 0 Å². The number of hydrogen-bond acceptors (Lipinski definition) is 4. The van der Waals surface area contributed by atoms with Crippen LogP contribution in [0.2, 0.25) is 0 Å². The van der Waals surface area contributed by atoms with Crippen molar-refractivity contribution < 1.29 is 18.3 Å². The smallest absolute Gasteiger partial charge is 0.207 e. The first-order chi connectivity index (χ1) is 16.5. The van der Waals surface area contributed by atoms with E-state index in [1.54, 1.807) is 6.08 Å². The molecule has 0 saturated carbocycles. The Morgan fingerprint density at radius 2 is 1.82 bits per heavy atom. The molecule has 7 heteroatoms. The highest BCUT2D eigenvalue weighted by Gasteiger charge is 2.10. The van der Waals surface area contributed by atoms with Crippen LogP contribution in [-0.4, -0.2) is 50.6 Å². The Morgan fingerprint density at radius 1 is 1.09 bits per heavy atom. The summed E-state index contributed by atoms with van der Waals surface area (Å²) in [5.41, 5.74) is 2.01. The Balaban J connectivity index is 0.000000241. The van der Waals surface area contributed by atoms with E-state index >= 15 is 0 Å². The number of benzene rings is 2. The lowest BCUT2D eigenvalue weighted by Crippen LogP contribution is -2.25. The van der Waals surface area contributed by atoms with Gasteiger partial charge in [-0.3, -0.25) is 4.79 Å².